The second-order valence-corrected chi connectivity index (χ2v) is 4.94. The smallest absolute Gasteiger partial charge is 0.319 e. The van der Waals surface area contributed by atoms with Crippen molar-refractivity contribution in [2.24, 2.45) is 0 Å². The molecule has 0 aliphatic heterocycles. The van der Waals surface area contributed by atoms with Gasteiger partial charge in [0.2, 0.25) is 0 Å². The van der Waals surface area contributed by atoms with Crippen LogP contribution in [0.3, 0.4) is 0 Å². The minimum atomic E-state index is -0.289. The van der Waals surface area contributed by atoms with Gasteiger partial charge in [0.25, 0.3) is 0 Å². The SMILES string of the molecule is CC(NC(=O)Nc1cccc(N)c1)c1cccc(Cl)c1. The molecule has 2 rings (SSSR count). The number of hydrogen-bond donors (Lipinski definition) is 3. The van der Waals surface area contributed by atoms with E-state index >= 15 is 0 Å². The Morgan fingerprint density at radius 3 is 2.65 bits per heavy atom. The predicted octanol–water partition coefficient (Wildman–Crippen LogP) is 3.80. The number of nitrogens with one attached hydrogen (secondary N) is 2. The Bertz CT molecular complexity index is 616. The van der Waals surface area contributed by atoms with Crippen LogP contribution in [0, 0.1) is 0 Å². The van der Waals surface area contributed by atoms with E-state index in [1.54, 1.807) is 30.3 Å². The van der Waals surface area contributed by atoms with Crippen LogP contribution >= 0.6 is 11.6 Å². The van der Waals surface area contributed by atoms with Gasteiger partial charge in [-0.25, -0.2) is 4.79 Å². The van der Waals surface area contributed by atoms with Crippen molar-refractivity contribution in [3.63, 3.8) is 0 Å². The summed E-state index contributed by atoms with van der Waals surface area (Å²) in [4.78, 5) is 11.9. The Kier molecular flexibility index (Phi) is 4.48. The highest BCUT2D eigenvalue weighted by atomic mass is 35.5. The topological polar surface area (TPSA) is 67.2 Å². The lowest BCUT2D eigenvalue weighted by molar-refractivity contribution is 0.249. The van der Waals surface area contributed by atoms with Gasteiger partial charge in [-0.1, -0.05) is 29.8 Å². The molecule has 1 unspecified atom stereocenters. The van der Waals surface area contributed by atoms with E-state index in [1.807, 2.05) is 25.1 Å². The molecule has 2 amide bonds. The van der Waals surface area contributed by atoms with Gasteiger partial charge in [0, 0.05) is 16.4 Å². The lowest BCUT2D eigenvalue weighted by Crippen LogP contribution is -2.31. The highest BCUT2D eigenvalue weighted by Crippen LogP contribution is 2.18. The molecule has 0 aliphatic rings. The fourth-order valence-electron chi connectivity index (χ4n) is 1.84. The molecule has 20 heavy (non-hydrogen) atoms. The Morgan fingerprint density at radius 2 is 1.95 bits per heavy atom. The number of hydrogen-bond acceptors (Lipinski definition) is 2. The van der Waals surface area contributed by atoms with E-state index in [-0.39, 0.29) is 12.1 Å². The Morgan fingerprint density at radius 1 is 1.20 bits per heavy atom. The summed E-state index contributed by atoms with van der Waals surface area (Å²) in [6, 6.07) is 14.0. The second-order valence-electron chi connectivity index (χ2n) is 4.50. The summed E-state index contributed by atoms with van der Waals surface area (Å²) in [6.45, 7) is 1.89. The van der Waals surface area contributed by atoms with Crippen LogP contribution in [0.25, 0.3) is 0 Å². The van der Waals surface area contributed by atoms with Crippen molar-refractivity contribution in [1.29, 1.82) is 0 Å². The zero-order valence-electron chi connectivity index (χ0n) is 11.1. The van der Waals surface area contributed by atoms with Gasteiger partial charge in [-0.3, -0.25) is 0 Å². The average molecular weight is 290 g/mol. The van der Waals surface area contributed by atoms with Crippen LogP contribution in [-0.4, -0.2) is 6.03 Å². The lowest BCUT2D eigenvalue weighted by atomic mass is 10.1. The number of halogens is 1. The predicted molar refractivity (Wildman–Crippen MR) is 82.9 cm³/mol. The number of anilines is 2. The molecule has 2 aromatic carbocycles. The number of amides is 2. The largest absolute Gasteiger partial charge is 0.399 e. The summed E-state index contributed by atoms with van der Waals surface area (Å²) in [5.74, 6) is 0. The third-order valence-electron chi connectivity index (χ3n) is 2.84. The van der Waals surface area contributed by atoms with Gasteiger partial charge in [0.15, 0.2) is 0 Å². The molecule has 0 saturated heterocycles. The van der Waals surface area contributed by atoms with E-state index < -0.39 is 0 Å². The maximum Gasteiger partial charge on any atom is 0.319 e. The van der Waals surface area contributed by atoms with Gasteiger partial charge in [-0.05, 0) is 42.8 Å². The number of carbonyl (C=O) groups excluding carboxylic acids is 1. The summed E-state index contributed by atoms with van der Waals surface area (Å²) in [5.41, 5.74) is 7.86. The monoisotopic (exact) mass is 289 g/mol. The van der Waals surface area contributed by atoms with E-state index in [0.29, 0.717) is 16.4 Å². The molecular formula is C15H16ClN3O. The maximum atomic E-state index is 11.9. The van der Waals surface area contributed by atoms with Crippen molar-refractivity contribution in [3.8, 4) is 0 Å². The van der Waals surface area contributed by atoms with E-state index in [2.05, 4.69) is 10.6 Å². The second kappa shape index (κ2) is 6.30. The molecule has 0 aromatic heterocycles. The number of urea groups is 1. The summed E-state index contributed by atoms with van der Waals surface area (Å²) >= 11 is 5.93. The van der Waals surface area contributed by atoms with Gasteiger partial charge in [-0.2, -0.15) is 0 Å². The molecule has 0 saturated carbocycles. The normalized spacial score (nSPS) is 11.7. The van der Waals surface area contributed by atoms with E-state index in [4.69, 9.17) is 17.3 Å². The fourth-order valence-corrected chi connectivity index (χ4v) is 2.04. The van der Waals surface area contributed by atoms with Crippen molar-refractivity contribution >= 4 is 29.0 Å². The first-order valence-electron chi connectivity index (χ1n) is 6.23. The third-order valence-corrected chi connectivity index (χ3v) is 3.08. The van der Waals surface area contributed by atoms with Crippen molar-refractivity contribution in [1.82, 2.24) is 5.32 Å². The molecule has 0 spiro atoms. The third kappa shape index (κ3) is 3.90. The first-order chi connectivity index (χ1) is 9.54. The molecule has 2 aromatic rings. The summed E-state index contributed by atoms with van der Waals surface area (Å²) < 4.78 is 0. The van der Waals surface area contributed by atoms with Gasteiger partial charge in [0.05, 0.1) is 6.04 Å². The van der Waals surface area contributed by atoms with Crippen LogP contribution < -0.4 is 16.4 Å². The molecule has 1 atom stereocenters. The Labute approximate surface area is 122 Å². The van der Waals surface area contributed by atoms with Crippen molar-refractivity contribution in [2.45, 2.75) is 13.0 Å². The molecular weight excluding hydrogens is 274 g/mol. The van der Waals surface area contributed by atoms with Crippen LogP contribution in [0.1, 0.15) is 18.5 Å². The van der Waals surface area contributed by atoms with Gasteiger partial charge in [-0.15, -0.1) is 0 Å². The zero-order valence-corrected chi connectivity index (χ0v) is 11.8. The summed E-state index contributed by atoms with van der Waals surface area (Å²) in [6.07, 6.45) is 0. The lowest BCUT2D eigenvalue weighted by Gasteiger charge is -2.15. The molecule has 0 bridgehead atoms. The average Bonchev–Trinajstić information content (AvgIpc) is 2.38. The Hall–Kier alpha value is -2.20. The van der Waals surface area contributed by atoms with E-state index in [9.17, 15) is 4.79 Å². The highest BCUT2D eigenvalue weighted by Gasteiger charge is 2.09. The minimum absolute atomic E-state index is 0.144. The minimum Gasteiger partial charge on any atom is -0.399 e. The molecule has 4 nitrogen and oxygen atoms in total. The summed E-state index contributed by atoms with van der Waals surface area (Å²) in [7, 11) is 0. The molecule has 5 heteroatoms. The number of nitrogen functional groups attached to an aromatic ring is 1. The molecule has 0 radical (unpaired) electrons. The number of benzene rings is 2. The molecule has 104 valence electrons. The van der Waals surface area contributed by atoms with Gasteiger partial charge in [0.1, 0.15) is 0 Å². The standard InChI is InChI=1S/C15H16ClN3O/c1-10(11-4-2-5-12(16)8-11)18-15(20)19-14-7-3-6-13(17)9-14/h2-10H,17H2,1H3,(H2,18,19,20). The van der Waals surface area contributed by atoms with Crippen LogP contribution in [0.2, 0.25) is 5.02 Å². The van der Waals surface area contributed by atoms with Gasteiger partial charge < -0.3 is 16.4 Å². The number of nitrogens with two attached hydrogens (primary N) is 1. The van der Waals surface area contributed by atoms with Crippen molar-refractivity contribution in [3.05, 3.63) is 59.1 Å². The maximum absolute atomic E-state index is 11.9. The molecule has 0 fully saturated rings. The number of carbonyl (C=O) groups is 1. The van der Waals surface area contributed by atoms with Crippen LogP contribution in [0.15, 0.2) is 48.5 Å². The van der Waals surface area contributed by atoms with Crippen molar-refractivity contribution < 1.29 is 4.79 Å². The van der Waals surface area contributed by atoms with E-state index in [1.165, 1.54) is 0 Å². The van der Waals surface area contributed by atoms with Crippen LogP contribution in [-0.2, 0) is 0 Å². The van der Waals surface area contributed by atoms with Crippen molar-refractivity contribution in [2.75, 3.05) is 11.1 Å². The molecule has 0 aliphatic carbocycles. The molecule has 4 N–H and O–H groups in total. The van der Waals surface area contributed by atoms with Gasteiger partial charge >= 0.3 is 6.03 Å². The zero-order chi connectivity index (χ0) is 14.5. The highest BCUT2D eigenvalue weighted by molar-refractivity contribution is 6.30. The van der Waals surface area contributed by atoms with E-state index in [0.717, 1.165) is 5.56 Å². The quantitative estimate of drug-likeness (QED) is 0.752. The summed E-state index contributed by atoms with van der Waals surface area (Å²) in [5, 5.41) is 6.22. The van der Waals surface area contributed by atoms with Crippen LogP contribution in [0.4, 0.5) is 16.2 Å². The Balaban J connectivity index is 1.97. The van der Waals surface area contributed by atoms with Crippen LogP contribution in [0.5, 0.6) is 0 Å². The first-order valence-corrected chi connectivity index (χ1v) is 6.61. The molecule has 0 heterocycles. The first kappa shape index (κ1) is 14.2. The fraction of sp³-hybridized carbons (Fsp3) is 0.133. The number of rotatable bonds is 3.